The molecular formula is C7H9F3N2O2. The molecule has 1 rings (SSSR count). The lowest BCUT2D eigenvalue weighted by Gasteiger charge is -2.02. The molecule has 0 aliphatic carbocycles. The van der Waals surface area contributed by atoms with E-state index in [0.717, 1.165) is 10.7 Å². The van der Waals surface area contributed by atoms with Gasteiger partial charge in [-0.15, -0.1) is 0 Å². The molecule has 0 aliphatic heterocycles. The molecule has 0 spiro atoms. The summed E-state index contributed by atoms with van der Waals surface area (Å²) >= 11 is 0. The van der Waals surface area contributed by atoms with E-state index in [1.807, 2.05) is 0 Å². The van der Waals surface area contributed by atoms with Gasteiger partial charge in [-0.3, -0.25) is 4.68 Å². The van der Waals surface area contributed by atoms with Crippen molar-refractivity contribution in [3.63, 3.8) is 0 Å². The fourth-order valence-electron chi connectivity index (χ4n) is 1.01. The van der Waals surface area contributed by atoms with E-state index in [4.69, 9.17) is 10.2 Å². The first-order valence-corrected chi connectivity index (χ1v) is 3.84. The van der Waals surface area contributed by atoms with Crippen LogP contribution < -0.4 is 0 Å². The van der Waals surface area contributed by atoms with Crippen LogP contribution in [-0.4, -0.2) is 26.6 Å². The van der Waals surface area contributed by atoms with Gasteiger partial charge in [-0.05, 0) is 6.07 Å². The second-order valence-electron chi connectivity index (χ2n) is 2.62. The van der Waals surface area contributed by atoms with E-state index in [-0.39, 0.29) is 18.8 Å². The molecule has 0 saturated carbocycles. The Morgan fingerprint density at radius 2 is 2.00 bits per heavy atom. The van der Waals surface area contributed by atoms with Crippen molar-refractivity contribution < 1.29 is 23.4 Å². The summed E-state index contributed by atoms with van der Waals surface area (Å²) in [6.45, 7) is -0.930. The molecule has 1 heterocycles. The van der Waals surface area contributed by atoms with Gasteiger partial charge in [-0.1, -0.05) is 0 Å². The van der Waals surface area contributed by atoms with Gasteiger partial charge in [-0.2, -0.15) is 18.3 Å². The van der Waals surface area contributed by atoms with Gasteiger partial charge in [0.2, 0.25) is 0 Å². The summed E-state index contributed by atoms with van der Waals surface area (Å²) in [5.74, 6) is 0. The summed E-state index contributed by atoms with van der Waals surface area (Å²) in [6, 6.07) is 0.760. The summed E-state index contributed by atoms with van der Waals surface area (Å²) in [5, 5.41) is 20.5. The van der Waals surface area contributed by atoms with E-state index in [9.17, 15) is 13.2 Å². The minimum Gasteiger partial charge on any atom is -0.394 e. The first kappa shape index (κ1) is 11.0. The lowest BCUT2D eigenvalue weighted by Crippen LogP contribution is -2.10. The average molecular weight is 210 g/mol. The Balaban J connectivity index is 3.00. The zero-order chi connectivity index (χ0) is 10.8. The Morgan fingerprint density at radius 1 is 1.36 bits per heavy atom. The van der Waals surface area contributed by atoms with Crippen molar-refractivity contribution in [3.8, 4) is 0 Å². The lowest BCUT2D eigenvalue weighted by molar-refractivity contribution is -0.141. The Kier molecular flexibility index (Phi) is 3.12. The largest absolute Gasteiger partial charge is 0.435 e. The highest BCUT2D eigenvalue weighted by molar-refractivity contribution is 5.12. The van der Waals surface area contributed by atoms with Crippen LogP contribution in [-0.2, 0) is 19.3 Å². The number of rotatable bonds is 3. The molecule has 1 aromatic heterocycles. The maximum atomic E-state index is 12.1. The van der Waals surface area contributed by atoms with Crippen molar-refractivity contribution in [2.45, 2.75) is 19.3 Å². The number of nitrogens with zero attached hydrogens (tertiary/aromatic N) is 2. The Bertz CT molecular complexity index is 308. The van der Waals surface area contributed by atoms with Gasteiger partial charge in [0.05, 0.1) is 25.5 Å². The molecule has 0 aromatic carbocycles. The molecule has 0 aliphatic rings. The molecule has 0 unspecified atom stereocenters. The molecule has 4 nitrogen and oxygen atoms in total. The molecular weight excluding hydrogens is 201 g/mol. The molecule has 7 heteroatoms. The van der Waals surface area contributed by atoms with Crippen molar-refractivity contribution in [2.24, 2.45) is 0 Å². The molecule has 14 heavy (non-hydrogen) atoms. The van der Waals surface area contributed by atoms with E-state index < -0.39 is 18.5 Å². The van der Waals surface area contributed by atoms with Crippen molar-refractivity contribution in [1.82, 2.24) is 9.78 Å². The second-order valence-corrected chi connectivity index (χ2v) is 2.62. The van der Waals surface area contributed by atoms with E-state index in [0.29, 0.717) is 0 Å². The van der Waals surface area contributed by atoms with Gasteiger partial charge < -0.3 is 10.2 Å². The van der Waals surface area contributed by atoms with Crippen LogP contribution in [0.15, 0.2) is 6.07 Å². The number of aromatic nitrogens is 2. The third-order valence-electron chi connectivity index (χ3n) is 1.63. The second kappa shape index (κ2) is 3.97. The van der Waals surface area contributed by atoms with Gasteiger partial charge in [0, 0.05) is 0 Å². The highest BCUT2D eigenvalue weighted by Crippen LogP contribution is 2.28. The lowest BCUT2D eigenvalue weighted by atomic mass is 10.3. The number of halogens is 3. The molecule has 0 saturated heterocycles. The normalized spacial score (nSPS) is 12.1. The molecule has 0 radical (unpaired) electrons. The van der Waals surface area contributed by atoms with Crippen LogP contribution in [0.25, 0.3) is 0 Å². The number of aliphatic hydroxyl groups excluding tert-OH is 2. The van der Waals surface area contributed by atoms with E-state index in [2.05, 4.69) is 5.10 Å². The molecule has 1 aromatic rings. The Morgan fingerprint density at radius 3 is 2.43 bits per heavy atom. The Labute approximate surface area is 77.6 Å². The van der Waals surface area contributed by atoms with Crippen LogP contribution in [0.4, 0.5) is 13.2 Å². The minimum atomic E-state index is -4.52. The quantitative estimate of drug-likeness (QED) is 0.758. The first-order chi connectivity index (χ1) is 6.49. The standard InChI is InChI=1S/C7H9F3N2O2/c8-7(9,10)6-3-5(4-14)12(11-6)1-2-13/h3,13-14H,1-2,4H2. The molecule has 0 atom stereocenters. The summed E-state index contributed by atoms with van der Waals surface area (Å²) < 4.78 is 37.3. The maximum absolute atomic E-state index is 12.1. The van der Waals surface area contributed by atoms with Crippen molar-refractivity contribution in [2.75, 3.05) is 6.61 Å². The fraction of sp³-hybridized carbons (Fsp3) is 0.571. The SMILES string of the molecule is OCCn1nc(C(F)(F)F)cc1CO. The topological polar surface area (TPSA) is 58.3 Å². The third-order valence-corrected chi connectivity index (χ3v) is 1.63. The summed E-state index contributed by atoms with van der Waals surface area (Å²) in [7, 11) is 0. The highest BCUT2D eigenvalue weighted by atomic mass is 19.4. The van der Waals surface area contributed by atoms with Crippen LogP contribution >= 0.6 is 0 Å². The minimum absolute atomic E-state index is 0.0337. The summed E-state index contributed by atoms with van der Waals surface area (Å²) in [6.07, 6.45) is -4.52. The third kappa shape index (κ3) is 2.24. The van der Waals surface area contributed by atoms with E-state index in [1.54, 1.807) is 0 Å². The van der Waals surface area contributed by atoms with Crippen molar-refractivity contribution in [1.29, 1.82) is 0 Å². The number of aliphatic hydroxyl groups is 2. The number of hydrogen-bond donors (Lipinski definition) is 2. The van der Waals surface area contributed by atoms with E-state index in [1.165, 1.54) is 0 Å². The molecule has 0 bridgehead atoms. The predicted octanol–water partition coefficient (Wildman–Crippen LogP) is 0.387. The average Bonchev–Trinajstić information content (AvgIpc) is 2.47. The predicted molar refractivity (Wildman–Crippen MR) is 40.2 cm³/mol. The molecule has 2 N–H and O–H groups in total. The van der Waals surface area contributed by atoms with Gasteiger partial charge in [-0.25, -0.2) is 0 Å². The number of alkyl halides is 3. The van der Waals surface area contributed by atoms with Gasteiger partial charge in [0.25, 0.3) is 0 Å². The maximum Gasteiger partial charge on any atom is 0.435 e. The highest BCUT2D eigenvalue weighted by Gasteiger charge is 2.34. The first-order valence-electron chi connectivity index (χ1n) is 3.84. The molecule has 0 amide bonds. The zero-order valence-corrected chi connectivity index (χ0v) is 7.12. The van der Waals surface area contributed by atoms with Crippen molar-refractivity contribution in [3.05, 3.63) is 17.5 Å². The zero-order valence-electron chi connectivity index (χ0n) is 7.12. The summed E-state index contributed by atoms with van der Waals surface area (Å²) in [4.78, 5) is 0. The van der Waals surface area contributed by atoms with E-state index >= 15 is 0 Å². The van der Waals surface area contributed by atoms with Gasteiger partial charge >= 0.3 is 6.18 Å². The molecule has 80 valence electrons. The Hall–Kier alpha value is -1.08. The van der Waals surface area contributed by atoms with Gasteiger partial charge in [0.15, 0.2) is 5.69 Å². The smallest absolute Gasteiger partial charge is 0.394 e. The van der Waals surface area contributed by atoms with Crippen LogP contribution in [0.3, 0.4) is 0 Å². The fourth-order valence-corrected chi connectivity index (χ4v) is 1.01. The van der Waals surface area contributed by atoms with Crippen LogP contribution in [0, 0.1) is 0 Å². The monoisotopic (exact) mass is 210 g/mol. The number of hydrogen-bond acceptors (Lipinski definition) is 3. The summed E-state index contributed by atoms with van der Waals surface area (Å²) in [5.41, 5.74) is -1.03. The van der Waals surface area contributed by atoms with Crippen LogP contribution in [0.2, 0.25) is 0 Å². The molecule has 0 fully saturated rings. The van der Waals surface area contributed by atoms with Gasteiger partial charge in [0.1, 0.15) is 0 Å². The van der Waals surface area contributed by atoms with Crippen LogP contribution in [0.1, 0.15) is 11.4 Å². The van der Waals surface area contributed by atoms with Crippen molar-refractivity contribution >= 4 is 0 Å². The van der Waals surface area contributed by atoms with Crippen LogP contribution in [0.5, 0.6) is 0 Å².